The molecule has 4 nitrogen and oxygen atoms in total. The van der Waals surface area contributed by atoms with Gasteiger partial charge in [0.25, 0.3) is 5.91 Å². The van der Waals surface area contributed by atoms with Crippen molar-refractivity contribution in [2.75, 3.05) is 6.54 Å². The standard InChI is InChI=1S/C14H15N3OS/c1-3-6-17(10-12-5-4-7-19-12)14(18)13-9-15-11(2)8-16-13/h3-5,7-9H,1,6,10H2,2H3. The van der Waals surface area contributed by atoms with Crippen molar-refractivity contribution in [1.29, 1.82) is 0 Å². The minimum atomic E-state index is -0.124. The minimum absolute atomic E-state index is 0.124. The van der Waals surface area contributed by atoms with E-state index in [2.05, 4.69) is 16.5 Å². The zero-order valence-corrected chi connectivity index (χ0v) is 11.6. The summed E-state index contributed by atoms with van der Waals surface area (Å²) in [7, 11) is 0. The van der Waals surface area contributed by atoms with Crippen LogP contribution in [0.15, 0.2) is 42.6 Å². The van der Waals surface area contributed by atoms with Gasteiger partial charge in [0.15, 0.2) is 0 Å². The summed E-state index contributed by atoms with van der Waals surface area (Å²) in [5.41, 5.74) is 1.16. The molecule has 2 heterocycles. The van der Waals surface area contributed by atoms with E-state index in [1.807, 2.05) is 24.4 Å². The fourth-order valence-electron chi connectivity index (χ4n) is 1.63. The summed E-state index contributed by atoms with van der Waals surface area (Å²) < 4.78 is 0. The van der Waals surface area contributed by atoms with Crippen LogP contribution >= 0.6 is 11.3 Å². The molecule has 2 aromatic heterocycles. The largest absolute Gasteiger partial charge is 0.328 e. The van der Waals surface area contributed by atoms with E-state index in [1.54, 1.807) is 28.5 Å². The van der Waals surface area contributed by atoms with Gasteiger partial charge in [0.1, 0.15) is 5.69 Å². The lowest BCUT2D eigenvalue weighted by atomic mass is 10.3. The van der Waals surface area contributed by atoms with Gasteiger partial charge in [-0.25, -0.2) is 4.98 Å². The minimum Gasteiger partial charge on any atom is -0.328 e. The molecule has 98 valence electrons. The van der Waals surface area contributed by atoms with E-state index < -0.39 is 0 Å². The SMILES string of the molecule is C=CCN(Cc1cccs1)C(=O)c1cnc(C)cn1. The van der Waals surface area contributed by atoms with Gasteiger partial charge in [-0.3, -0.25) is 9.78 Å². The van der Waals surface area contributed by atoms with E-state index in [-0.39, 0.29) is 5.91 Å². The Balaban J connectivity index is 2.16. The highest BCUT2D eigenvalue weighted by atomic mass is 32.1. The molecule has 0 radical (unpaired) electrons. The number of thiophene rings is 1. The summed E-state index contributed by atoms with van der Waals surface area (Å²) in [5.74, 6) is -0.124. The van der Waals surface area contributed by atoms with Crippen LogP contribution in [0.1, 0.15) is 21.1 Å². The molecule has 1 amide bonds. The molecular weight excluding hydrogens is 258 g/mol. The van der Waals surface area contributed by atoms with E-state index in [0.29, 0.717) is 18.8 Å². The van der Waals surface area contributed by atoms with Crippen LogP contribution in [0.3, 0.4) is 0 Å². The van der Waals surface area contributed by atoms with Crippen LogP contribution in [0, 0.1) is 6.92 Å². The number of hydrogen-bond acceptors (Lipinski definition) is 4. The van der Waals surface area contributed by atoms with Crippen LogP contribution < -0.4 is 0 Å². The van der Waals surface area contributed by atoms with Crippen molar-refractivity contribution in [2.45, 2.75) is 13.5 Å². The second-order valence-corrected chi connectivity index (χ2v) is 5.13. The summed E-state index contributed by atoms with van der Waals surface area (Å²) in [5, 5.41) is 2.00. The number of amides is 1. The van der Waals surface area contributed by atoms with E-state index in [1.165, 1.54) is 6.20 Å². The Morgan fingerprint density at radius 2 is 2.32 bits per heavy atom. The Morgan fingerprint density at radius 1 is 1.47 bits per heavy atom. The molecule has 0 aliphatic rings. The quantitative estimate of drug-likeness (QED) is 0.787. The number of nitrogens with zero attached hydrogens (tertiary/aromatic N) is 3. The van der Waals surface area contributed by atoms with Crippen LogP contribution in [0.5, 0.6) is 0 Å². The van der Waals surface area contributed by atoms with E-state index in [0.717, 1.165) is 10.6 Å². The first-order chi connectivity index (χ1) is 9.20. The summed E-state index contributed by atoms with van der Waals surface area (Å²) in [6.07, 6.45) is 4.83. The molecular formula is C14H15N3OS. The fourth-order valence-corrected chi connectivity index (χ4v) is 2.35. The average molecular weight is 273 g/mol. The highest BCUT2D eigenvalue weighted by Crippen LogP contribution is 2.13. The number of rotatable bonds is 5. The molecule has 0 aromatic carbocycles. The smallest absolute Gasteiger partial charge is 0.274 e. The molecule has 0 N–H and O–H groups in total. The molecule has 5 heteroatoms. The third-order valence-corrected chi connectivity index (χ3v) is 3.42. The number of aromatic nitrogens is 2. The second kappa shape index (κ2) is 6.24. The molecule has 0 bridgehead atoms. The molecule has 0 aliphatic heterocycles. The number of carbonyl (C=O) groups excluding carboxylic acids is 1. The molecule has 2 rings (SSSR count). The van der Waals surface area contributed by atoms with Gasteiger partial charge in [-0.05, 0) is 18.4 Å². The van der Waals surface area contributed by atoms with Crippen molar-refractivity contribution < 1.29 is 4.79 Å². The maximum Gasteiger partial charge on any atom is 0.274 e. The summed E-state index contributed by atoms with van der Waals surface area (Å²) >= 11 is 1.63. The van der Waals surface area contributed by atoms with Crippen molar-refractivity contribution >= 4 is 17.2 Å². The van der Waals surface area contributed by atoms with Crippen molar-refractivity contribution in [3.05, 3.63) is 58.8 Å². The van der Waals surface area contributed by atoms with Crippen LogP contribution in [-0.4, -0.2) is 27.3 Å². The van der Waals surface area contributed by atoms with Crippen LogP contribution in [-0.2, 0) is 6.54 Å². The highest BCUT2D eigenvalue weighted by Gasteiger charge is 2.16. The first-order valence-electron chi connectivity index (χ1n) is 5.92. The normalized spacial score (nSPS) is 10.2. The molecule has 0 unspecified atom stereocenters. The Labute approximate surface area is 116 Å². The Morgan fingerprint density at radius 3 is 2.89 bits per heavy atom. The lowest BCUT2D eigenvalue weighted by Crippen LogP contribution is -2.31. The van der Waals surface area contributed by atoms with Crippen molar-refractivity contribution in [1.82, 2.24) is 14.9 Å². The fraction of sp³-hybridized carbons (Fsp3) is 0.214. The maximum atomic E-state index is 12.4. The van der Waals surface area contributed by atoms with Crippen molar-refractivity contribution in [3.8, 4) is 0 Å². The average Bonchev–Trinajstić information content (AvgIpc) is 2.91. The Bertz CT molecular complexity index is 549. The van der Waals surface area contributed by atoms with Crippen molar-refractivity contribution in [2.24, 2.45) is 0 Å². The summed E-state index contributed by atoms with van der Waals surface area (Å²) in [6.45, 7) is 6.59. The van der Waals surface area contributed by atoms with Gasteiger partial charge in [-0.15, -0.1) is 17.9 Å². The zero-order chi connectivity index (χ0) is 13.7. The third-order valence-electron chi connectivity index (χ3n) is 2.56. The van der Waals surface area contributed by atoms with E-state index >= 15 is 0 Å². The lowest BCUT2D eigenvalue weighted by molar-refractivity contribution is 0.0758. The van der Waals surface area contributed by atoms with E-state index in [4.69, 9.17) is 0 Å². The number of aryl methyl sites for hydroxylation is 1. The van der Waals surface area contributed by atoms with Gasteiger partial charge < -0.3 is 4.90 Å². The molecule has 2 aromatic rings. The molecule has 0 fully saturated rings. The Hall–Kier alpha value is -2.01. The lowest BCUT2D eigenvalue weighted by Gasteiger charge is -2.19. The first kappa shape index (κ1) is 13.4. The number of carbonyl (C=O) groups is 1. The van der Waals surface area contributed by atoms with Gasteiger partial charge in [-0.2, -0.15) is 0 Å². The summed E-state index contributed by atoms with van der Waals surface area (Å²) in [6, 6.07) is 3.98. The summed E-state index contributed by atoms with van der Waals surface area (Å²) in [4.78, 5) is 23.4. The Kier molecular flexibility index (Phi) is 4.41. The van der Waals surface area contributed by atoms with Gasteiger partial charge in [-0.1, -0.05) is 12.1 Å². The molecule has 0 atom stereocenters. The molecule has 0 saturated carbocycles. The molecule has 0 spiro atoms. The van der Waals surface area contributed by atoms with Gasteiger partial charge in [0.05, 0.1) is 18.4 Å². The highest BCUT2D eigenvalue weighted by molar-refractivity contribution is 7.09. The van der Waals surface area contributed by atoms with Crippen LogP contribution in [0.2, 0.25) is 0 Å². The van der Waals surface area contributed by atoms with Gasteiger partial charge >= 0.3 is 0 Å². The maximum absolute atomic E-state index is 12.4. The first-order valence-corrected chi connectivity index (χ1v) is 6.80. The zero-order valence-electron chi connectivity index (χ0n) is 10.7. The van der Waals surface area contributed by atoms with Crippen LogP contribution in [0.4, 0.5) is 0 Å². The number of hydrogen-bond donors (Lipinski definition) is 0. The molecule has 0 saturated heterocycles. The molecule has 19 heavy (non-hydrogen) atoms. The molecule has 0 aliphatic carbocycles. The van der Waals surface area contributed by atoms with E-state index in [9.17, 15) is 4.79 Å². The van der Waals surface area contributed by atoms with Gasteiger partial charge in [0, 0.05) is 17.6 Å². The van der Waals surface area contributed by atoms with Gasteiger partial charge in [0.2, 0.25) is 0 Å². The second-order valence-electron chi connectivity index (χ2n) is 4.10. The topological polar surface area (TPSA) is 46.1 Å². The monoisotopic (exact) mass is 273 g/mol. The van der Waals surface area contributed by atoms with Crippen molar-refractivity contribution in [3.63, 3.8) is 0 Å². The predicted octanol–water partition coefficient (Wildman–Crippen LogP) is 2.67. The van der Waals surface area contributed by atoms with Crippen LogP contribution in [0.25, 0.3) is 0 Å². The third kappa shape index (κ3) is 3.48. The predicted molar refractivity (Wildman–Crippen MR) is 76.0 cm³/mol.